The molecule has 5 N–H and O–H groups in total. The van der Waals surface area contributed by atoms with Crippen LogP contribution in [0.5, 0.6) is 0 Å². The van der Waals surface area contributed by atoms with Crippen LogP contribution >= 0.6 is 0 Å². The van der Waals surface area contributed by atoms with Gasteiger partial charge in [0.2, 0.25) is 0 Å². The van der Waals surface area contributed by atoms with E-state index in [1.165, 1.54) is 6.08 Å². The number of hydrogen-bond donors (Lipinski definition) is 5. The number of aromatic amines is 3. The number of fused-ring (bicyclic) bond motifs is 8. The van der Waals surface area contributed by atoms with Crippen molar-refractivity contribution < 1.29 is 19.9 Å². The van der Waals surface area contributed by atoms with Crippen molar-refractivity contribution in [2.24, 2.45) is 0 Å². The van der Waals surface area contributed by atoms with Gasteiger partial charge in [0.1, 0.15) is 5.70 Å². The van der Waals surface area contributed by atoms with Gasteiger partial charge in [-0.05, 0) is 54.6 Å². The highest BCUT2D eigenvalue weighted by Gasteiger charge is 2.41. The summed E-state index contributed by atoms with van der Waals surface area (Å²) in [6.45, 7) is 0. The molecule has 2 aliphatic heterocycles. The fraction of sp³-hybridized carbons (Fsp3) is 0. The standard InChI is InChI=1S/C20H14N4O4/c25-18-15-6-5-13(23-15)8-12-2-1-10(21-12)7-11-3-4-14(22-11)9-16-19(26)20(27)17(18)24(16)28/h1-9,21-23,25,28H. The molecular formula is C20H14N4O4. The summed E-state index contributed by atoms with van der Waals surface area (Å²) >= 11 is 0. The van der Waals surface area contributed by atoms with Gasteiger partial charge in [-0.2, -0.15) is 0 Å². The van der Waals surface area contributed by atoms with Gasteiger partial charge in [-0.25, -0.2) is 5.06 Å². The Kier molecular flexibility index (Phi) is 3.31. The van der Waals surface area contributed by atoms with E-state index in [1.807, 2.05) is 30.4 Å². The Morgan fingerprint density at radius 3 is 2.04 bits per heavy atom. The predicted octanol–water partition coefficient (Wildman–Crippen LogP) is 0.753. The summed E-state index contributed by atoms with van der Waals surface area (Å²) in [5.41, 5.74) is 1.44. The van der Waals surface area contributed by atoms with Crippen LogP contribution in [-0.4, -0.2) is 41.9 Å². The van der Waals surface area contributed by atoms with Crippen LogP contribution in [0.1, 0.15) is 22.8 Å². The van der Waals surface area contributed by atoms with Crippen molar-refractivity contribution in [3.8, 4) is 0 Å². The first-order valence-electron chi connectivity index (χ1n) is 8.49. The molecule has 0 spiro atoms. The van der Waals surface area contributed by atoms with E-state index in [2.05, 4.69) is 15.0 Å². The zero-order valence-electron chi connectivity index (χ0n) is 14.4. The first-order chi connectivity index (χ1) is 13.5. The molecule has 0 unspecified atom stereocenters. The van der Waals surface area contributed by atoms with Crippen molar-refractivity contribution in [3.05, 3.63) is 81.3 Å². The van der Waals surface area contributed by atoms with Crippen molar-refractivity contribution in [2.75, 3.05) is 0 Å². The molecule has 5 rings (SSSR count). The van der Waals surface area contributed by atoms with Gasteiger partial charge < -0.3 is 20.1 Å². The van der Waals surface area contributed by atoms with Crippen molar-refractivity contribution in [1.82, 2.24) is 20.0 Å². The number of hydrogen-bond acceptors (Lipinski definition) is 5. The SMILES string of the molecule is O=C1C(=O)C2=C(O)c3ccc([nH]3)C=c3ccc([nH]3)=Cc3ccc([nH]3)C=C1N2O. The van der Waals surface area contributed by atoms with E-state index >= 15 is 0 Å². The number of allylic oxidation sites excluding steroid dienone is 2. The molecule has 0 aliphatic carbocycles. The molecule has 2 aliphatic rings. The van der Waals surface area contributed by atoms with Crippen LogP contribution in [0.2, 0.25) is 0 Å². The van der Waals surface area contributed by atoms with Crippen LogP contribution in [0.4, 0.5) is 0 Å². The highest BCUT2D eigenvalue weighted by Crippen LogP contribution is 2.29. The van der Waals surface area contributed by atoms with Gasteiger partial charge in [0, 0.05) is 27.8 Å². The summed E-state index contributed by atoms with van der Waals surface area (Å²) in [6.07, 6.45) is 5.08. The highest BCUT2D eigenvalue weighted by atomic mass is 16.5. The highest BCUT2D eigenvalue weighted by molar-refractivity contribution is 6.53. The maximum Gasteiger partial charge on any atom is 0.257 e. The third kappa shape index (κ3) is 2.43. The minimum absolute atomic E-state index is 0.204. The van der Waals surface area contributed by atoms with Crippen LogP contribution < -0.4 is 10.7 Å². The van der Waals surface area contributed by atoms with Gasteiger partial charge in [-0.1, -0.05) is 0 Å². The summed E-state index contributed by atoms with van der Waals surface area (Å²) in [7, 11) is 0. The zero-order valence-corrected chi connectivity index (χ0v) is 14.4. The number of aromatic nitrogens is 3. The van der Waals surface area contributed by atoms with Gasteiger partial charge in [0.15, 0.2) is 11.5 Å². The number of ketones is 2. The molecule has 8 nitrogen and oxygen atoms in total. The summed E-state index contributed by atoms with van der Waals surface area (Å²) < 4.78 is 0. The smallest absolute Gasteiger partial charge is 0.257 e. The molecule has 3 aromatic heterocycles. The number of carbonyl (C=O) groups excluding carboxylic acids is 2. The second-order valence-corrected chi connectivity index (χ2v) is 6.55. The molecular weight excluding hydrogens is 360 g/mol. The molecule has 8 heteroatoms. The summed E-state index contributed by atoms with van der Waals surface area (Å²) in [5, 5.41) is 23.1. The van der Waals surface area contributed by atoms with E-state index in [1.54, 1.807) is 18.2 Å². The number of aliphatic hydroxyl groups excluding tert-OH is 1. The molecule has 0 saturated carbocycles. The van der Waals surface area contributed by atoms with Crippen LogP contribution in [0, 0.1) is 0 Å². The van der Waals surface area contributed by atoms with Crippen molar-refractivity contribution >= 4 is 35.6 Å². The third-order valence-corrected chi connectivity index (χ3v) is 4.66. The minimum Gasteiger partial charge on any atom is -0.504 e. The molecule has 28 heavy (non-hydrogen) atoms. The monoisotopic (exact) mass is 374 g/mol. The van der Waals surface area contributed by atoms with E-state index in [4.69, 9.17) is 0 Å². The Labute approximate surface area is 157 Å². The van der Waals surface area contributed by atoms with Crippen LogP contribution in [0.15, 0.2) is 47.8 Å². The number of nitrogens with zero attached hydrogens (tertiary/aromatic N) is 1. The molecule has 0 amide bonds. The second kappa shape index (κ2) is 5.73. The Morgan fingerprint density at radius 1 is 0.714 bits per heavy atom. The predicted molar refractivity (Wildman–Crippen MR) is 99.9 cm³/mol. The topological polar surface area (TPSA) is 125 Å². The minimum atomic E-state index is -0.984. The van der Waals surface area contributed by atoms with E-state index in [0.717, 1.165) is 16.4 Å². The van der Waals surface area contributed by atoms with Crippen LogP contribution in [-0.2, 0) is 9.59 Å². The normalized spacial score (nSPS) is 16.2. The lowest BCUT2D eigenvalue weighted by atomic mass is 10.2. The Morgan fingerprint density at radius 2 is 1.32 bits per heavy atom. The molecule has 8 bridgehead atoms. The molecule has 3 aromatic rings. The summed E-state index contributed by atoms with van der Waals surface area (Å²) in [6, 6.07) is 10.6. The molecule has 1 saturated heterocycles. The van der Waals surface area contributed by atoms with Crippen molar-refractivity contribution in [1.29, 1.82) is 0 Å². The summed E-state index contributed by atoms with van der Waals surface area (Å²) in [4.78, 5) is 34.0. The van der Waals surface area contributed by atoms with Gasteiger partial charge in [-0.15, -0.1) is 0 Å². The lowest BCUT2D eigenvalue weighted by Crippen LogP contribution is -2.14. The molecule has 138 valence electrons. The van der Waals surface area contributed by atoms with Crippen molar-refractivity contribution in [2.45, 2.75) is 0 Å². The molecule has 0 atom stereocenters. The first-order valence-corrected chi connectivity index (χ1v) is 8.49. The van der Waals surface area contributed by atoms with Crippen molar-refractivity contribution in [3.63, 3.8) is 0 Å². The lowest BCUT2D eigenvalue weighted by Gasteiger charge is -2.11. The maximum atomic E-state index is 12.4. The average Bonchev–Trinajstić information content (AvgIpc) is 3.43. The Bertz CT molecular complexity index is 1330. The van der Waals surface area contributed by atoms with Gasteiger partial charge in [0.05, 0.1) is 5.69 Å². The lowest BCUT2D eigenvalue weighted by molar-refractivity contribution is -0.130. The Balaban J connectivity index is 1.80. The Hall–Kier alpha value is -4.04. The second-order valence-electron chi connectivity index (χ2n) is 6.55. The fourth-order valence-electron chi connectivity index (χ4n) is 3.31. The van der Waals surface area contributed by atoms with Gasteiger partial charge >= 0.3 is 0 Å². The molecule has 0 aromatic carbocycles. The van der Waals surface area contributed by atoms with Crippen LogP contribution in [0.25, 0.3) is 24.0 Å². The molecule has 0 radical (unpaired) electrons. The average molecular weight is 374 g/mol. The fourth-order valence-corrected chi connectivity index (χ4v) is 3.31. The largest absolute Gasteiger partial charge is 0.504 e. The number of H-pyrrole nitrogens is 3. The maximum absolute atomic E-state index is 12.4. The van der Waals surface area contributed by atoms with Crippen LogP contribution in [0.3, 0.4) is 0 Å². The quantitative estimate of drug-likeness (QED) is 0.372. The number of carbonyl (C=O) groups is 2. The number of aliphatic hydroxyl groups is 1. The number of hydroxylamine groups is 2. The zero-order chi connectivity index (χ0) is 19.4. The van der Waals surface area contributed by atoms with E-state index < -0.39 is 23.0 Å². The molecule has 1 fully saturated rings. The van der Waals surface area contributed by atoms with Gasteiger partial charge in [0.25, 0.3) is 11.6 Å². The number of nitrogens with one attached hydrogen (secondary N) is 3. The summed E-state index contributed by atoms with van der Waals surface area (Å²) in [5.74, 6) is -2.40. The third-order valence-electron chi connectivity index (χ3n) is 4.66. The van der Waals surface area contributed by atoms with Gasteiger partial charge in [-0.3, -0.25) is 14.8 Å². The molecule has 5 heterocycles. The first kappa shape index (κ1) is 16.2. The van der Waals surface area contributed by atoms with E-state index in [9.17, 15) is 19.9 Å². The number of rotatable bonds is 0. The van der Waals surface area contributed by atoms with E-state index in [0.29, 0.717) is 16.5 Å². The number of Topliss-reactive ketones (excluding diaryl/α,β-unsaturated/α-hetero) is 2. The van der Waals surface area contributed by atoms with E-state index in [-0.39, 0.29) is 11.4 Å².